The number of amides is 2. The van der Waals surface area contributed by atoms with Crippen molar-refractivity contribution in [1.29, 1.82) is 0 Å². The fourth-order valence-corrected chi connectivity index (χ4v) is 5.26. The first-order valence-corrected chi connectivity index (χ1v) is 11.9. The zero-order valence-electron chi connectivity index (χ0n) is 19.0. The van der Waals surface area contributed by atoms with Crippen molar-refractivity contribution < 1.29 is 27.5 Å². The summed E-state index contributed by atoms with van der Waals surface area (Å²) in [6.45, 7) is 1.68. The molecule has 0 aliphatic carbocycles. The Bertz CT molecular complexity index is 1080. The average Bonchev–Trinajstić information content (AvgIpc) is 2.82. The van der Waals surface area contributed by atoms with Crippen LogP contribution in [0.1, 0.15) is 12.5 Å². The van der Waals surface area contributed by atoms with Crippen LogP contribution in [0.15, 0.2) is 59.5 Å². The summed E-state index contributed by atoms with van der Waals surface area (Å²) >= 11 is 0. The number of sulfonamides is 1. The molecular weight excluding hydrogens is 446 g/mol. The Morgan fingerprint density at radius 2 is 1.76 bits per heavy atom. The Kier molecular flexibility index (Phi) is 7.72. The van der Waals surface area contributed by atoms with Crippen molar-refractivity contribution >= 4 is 21.8 Å². The minimum atomic E-state index is -4.02. The standard InChI is InChI=1S/C23H29N3O6S/c1-23(22(28)24-15-18-7-5-4-6-8-18)17-25(16-21(27)26(23)13-14-31-2)33(29,30)20-11-9-19(32-3)10-12-20/h4-12H,13-17H2,1-3H3,(H,24,28)/t23-/m0/s1. The lowest BCUT2D eigenvalue weighted by atomic mass is 9.95. The van der Waals surface area contributed by atoms with Crippen LogP contribution in [0.2, 0.25) is 0 Å². The van der Waals surface area contributed by atoms with Crippen LogP contribution in [0.5, 0.6) is 5.75 Å². The van der Waals surface area contributed by atoms with Crippen LogP contribution in [0.3, 0.4) is 0 Å². The van der Waals surface area contributed by atoms with Crippen LogP contribution in [0.4, 0.5) is 0 Å². The van der Waals surface area contributed by atoms with E-state index in [0.29, 0.717) is 5.75 Å². The second kappa shape index (κ2) is 10.3. The second-order valence-corrected chi connectivity index (χ2v) is 9.87. The number of hydrogen-bond donors (Lipinski definition) is 1. The van der Waals surface area contributed by atoms with Gasteiger partial charge < -0.3 is 19.7 Å². The van der Waals surface area contributed by atoms with Crippen LogP contribution >= 0.6 is 0 Å². The fraction of sp³-hybridized carbons (Fsp3) is 0.391. The maximum atomic E-state index is 13.3. The van der Waals surface area contributed by atoms with E-state index >= 15 is 0 Å². The lowest BCUT2D eigenvalue weighted by Crippen LogP contribution is -2.70. The first kappa shape index (κ1) is 24.7. The quantitative estimate of drug-likeness (QED) is 0.585. The Labute approximate surface area is 194 Å². The molecule has 0 saturated carbocycles. The normalized spacial score (nSPS) is 19.4. The Hall–Kier alpha value is -2.95. The number of carbonyl (C=O) groups is 2. The number of methoxy groups -OCH3 is 2. The molecule has 2 aromatic rings. The first-order valence-electron chi connectivity index (χ1n) is 10.5. The van der Waals surface area contributed by atoms with Gasteiger partial charge in [0.15, 0.2) is 0 Å². The zero-order valence-corrected chi connectivity index (χ0v) is 19.8. The Morgan fingerprint density at radius 1 is 1.09 bits per heavy atom. The molecule has 1 atom stereocenters. The molecule has 1 N–H and O–H groups in total. The molecule has 178 valence electrons. The summed E-state index contributed by atoms with van der Waals surface area (Å²) in [6.07, 6.45) is 0. The molecular formula is C23H29N3O6S. The molecule has 33 heavy (non-hydrogen) atoms. The SMILES string of the molecule is COCCN1C(=O)CN(S(=O)(=O)c2ccc(OC)cc2)C[C@@]1(C)C(=O)NCc1ccccc1. The zero-order chi connectivity index (χ0) is 24.1. The molecule has 2 amide bonds. The highest BCUT2D eigenvalue weighted by Gasteiger charge is 2.50. The van der Waals surface area contributed by atoms with Crippen molar-refractivity contribution in [2.45, 2.75) is 23.9 Å². The lowest BCUT2D eigenvalue weighted by molar-refractivity contribution is -0.153. The van der Waals surface area contributed by atoms with E-state index in [2.05, 4.69) is 5.32 Å². The van der Waals surface area contributed by atoms with Gasteiger partial charge in [-0.2, -0.15) is 4.31 Å². The minimum Gasteiger partial charge on any atom is -0.497 e. The van der Waals surface area contributed by atoms with E-state index in [-0.39, 0.29) is 37.7 Å². The van der Waals surface area contributed by atoms with E-state index in [4.69, 9.17) is 9.47 Å². The van der Waals surface area contributed by atoms with Crippen LogP contribution in [-0.4, -0.2) is 75.4 Å². The van der Waals surface area contributed by atoms with E-state index < -0.39 is 27.4 Å². The van der Waals surface area contributed by atoms with Crippen LogP contribution < -0.4 is 10.1 Å². The summed E-state index contributed by atoms with van der Waals surface area (Å²) in [5, 5.41) is 2.85. The van der Waals surface area contributed by atoms with Crippen LogP contribution in [-0.2, 0) is 30.9 Å². The topological polar surface area (TPSA) is 105 Å². The summed E-state index contributed by atoms with van der Waals surface area (Å²) in [7, 11) is -1.03. The molecule has 1 fully saturated rings. The van der Waals surface area contributed by atoms with Gasteiger partial charge in [0.05, 0.1) is 25.2 Å². The van der Waals surface area contributed by atoms with E-state index in [1.165, 1.54) is 43.4 Å². The van der Waals surface area contributed by atoms with Gasteiger partial charge in [-0.05, 0) is 36.8 Å². The number of piperazine rings is 1. The summed E-state index contributed by atoms with van der Waals surface area (Å²) in [5.41, 5.74) is -0.523. The van der Waals surface area contributed by atoms with Crippen molar-refractivity contribution in [3.05, 3.63) is 60.2 Å². The van der Waals surface area contributed by atoms with Crippen molar-refractivity contribution in [1.82, 2.24) is 14.5 Å². The molecule has 2 aromatic carbocycles. The van der Waals surface area contributed by atoms with E-state index in [1.807, 2.05) is 30.3 Å². The van der Waals surface area contributed by atoms with Crippen molar-refractivity contribution in [2.24, 2.45) is 0 Å². The van der Waals surface area contributed by atoms with Crippen molar-refractivity contribution in [2.75, 3.05) is 40.5 Å². The predicted octanol–water partition coefficient (Wildman–Crippen LogP) is 1.25. The third kappa shape index (κ3) is 5.35. The van der Waals surface area contributed by atoms with Gasteiger partial charge in [-0.25, -0.2) is 8.42 Å². The monoisotopic (exact) mass is 475 g/mol. The minimum absolute atomic E-state index is 0.0217. The van der Waals surface area contributed by atoms with Gasteiger partial charge in [0, 0.05) is 26.7 Å². The second-order valence-electron chi connectivity index (χ2n) is 7.93. The number of ether oxygens (including phenoxy) is 2. The number of rotatable bonds is 9. The molecule has 0 unspecified atom stereocenters. The summed E-state index contributed by atoms with van der Waals surface area (Å²) in [5.74, 6) is -0.391. The van der Waals surface area contributed by atoms with Gasteiger partial charge in [0.1, 0.15) is 11.3 Å². The van der Waals surface area contributed by atoms with Gasteiger partial charge in [-0.15, -0.1) is 0 Å². The summed E-state index contributed by atoms with van der Waals surface area (Å²) in [6, 6.07) is 15.3. The van der Waals surface area contributed by atoms with Gasteiger partial charge in [-0.1, -0.05) is 30.3 Å². The maximum absolute atomic E-state index is 13.3. The van der Waals surface area contributed by atoms with Crippen molar-refractivity contribution in [3.63, 3.8) is 0 Å². The van der Waals surface area contributed by atoms with Gasteiger partial charge in [0.25, 0.3) is 0 Å². The highest BCUT2D eigenvalue weighted by molar-refractivity contribution is 7.89. The maximum Gasteiger partial charge on any atom is 0.247 e. The smallest absolute Gasteiger partial charge is 0.247 e. The number of nitrogens with one attached hydrogen (secondary N) is 1. The molecule has 0 aromatic heterocycles. The number of carbonyl (C=O) groups excluding carboxylic acids is 2. The summed E-state index contributed by atoms with van der Waals surface area (Å²) in [4.78, 5) is 27.8. The predicted molar refractivity (Wildman–Crippen MR) is 122 cm³/mol. The highest BCUT2D eigenvalue weighted by atomic mass is 32.2. The van der Waals surface area contributed by atoms with Crippen LogP contribution in [0, 0.1) is 0 Å². The molecule has 0 bridgehead atoms. The number of hydrogen-bond acceptors (Lipinski definition) is 6. The van der Waals surface area contributed by atoms with Gasteiger partial charge in [0.2, 0.25) is 21.8 Å². The molecule has 1 aliphatic heterocycles. The molecule has 3 rings (SSSR count). The molecule has 1 aliphatic rings. The third-order valence-corrected chi connectivity index (χ3v) is 7.50. The first-order chi connectivity index (χ1) is 15.7. The summed E-state index contributed by atoms with van der Waals surface area (Å²) < 4.78 is 37.9. The molecule has 0 radical (unpaired) electrons. The van der Waals surface area contributed by atoms with Crippen molar-refractivity contribution in [3.8, 4) is 5.75 Å². The number of nitrogens with zero attached hydrogens (tertiary/aromatic N) is 2. The van der Waals surface area contributed by atoms with E-state index in [9.17, 15) is 18.0 Å². The van der Waals surface area contributed by atoms with Gasteiger partial charge >= 0.3 is 0 Å². The molecule has 1 heterocycles. The number of benzene rings is 2. The molecule has 9 nitrogen and oxygen atoms in total. The van der Waals surface area contributed by atoms with E-state index in [0.717, 1.165) is 9.87 Å². The average molecular weight is 476 g/mol. The highest BCUT2D eigenvalue weighted by Crippen LogP contribution is 2.28. The van der Waals surface area contributed by atoms with Gasteiger partial charge in [-0.3, -0.25) is 9.59 Å². The Balaban J connectivity index is 1.88. The van der Waals surface area contributed by atoms with E-state index in [1.54, 1.807) is 6.92 Å². The fourth-order valence-electron chi connectivity index (χ4n) is 3.78. The largest absolute Gasteiger partial charge is 0.497 e. The third-order valence-electron chi connectivity index (χ3n) is 5.69. The molecule has 0 spiro atoms. The molecule has 10 heteroatoms. The Morgan fingerprint density at radius 3 is 2.36 bits per heavy atom. The lowest BCUT2D eigenvalue weighted by Gasteiger charge is -2.46. The van der Waals surface area contributed by atoms with Crippen LogP contribution in [0.25, 0.3) is 0 Å². The molecule has 1 saturated heterocycles.